The number of aryl methyl sites for hydroxylation is 1. The van der Waals surface area contributed by atoms with Crippen LogP contribution in [0.25, 0.3) is 0 Å². The molecule has 0 aromatic heterocycles. The fraction of sp³-hybridized carbons (Fsp3) is 0.235. The van der Waals surface area contributed by atoms with Crippen LogP contribution in [0.2, 0.25) is 0 Å². The number of ether oxygens (including phenoxy) is 1. The van der Waals surface area contributed by atoms with Gasteiger partial charge in [0.15, 0.2) is 0 Å². The zero-order chi connectivity index (χ0) is 16.6. The molecule has 1 heterocycles. The largest absolute Gasteiger partial charge is 0.495 e. The third-order valence-corrected chi connectivity index (χ3v) is 5.24. The van der Waals surface area contributed by atoms with Crippen LogP contribution in [0.15, 0.2) is 51.8 Å². The first-order chi connectivity index (χ1) is 10.9. The Morgan fingerprint density at radius 3 is 2.48 bits per heavy atom. The van der Waals surface area contributed by atoms with E-state index in [1.54, 1.807) is 43.3 Å². The number of para-hydroxylation sites is 1. The number of nitrogens with zero attached hydrogens (tertiary/aromatic N) is 2. The van der Waals surface area contributed by atoms with Crippen molar-refractivity contribution in [2.24, 2.45) is 4.40 Å². The van der Waals surface area contributed by atoms with Crippen molar-refractivity contribution < 1.29 is 13.2 Å². The standard InChI is InChI=1S/C17H18N2O3S/c1-12-7-9-14(10-8-12)23(20,21)18-16-11-13-5-4-6-15(22-3)17(13)19(16)2/h4-10H,11H2,1-3H3. The van der Waals surface area contributed by atoms with Crippen molar-refractivity contribution in [1.82, 2.24) is 0 Å². The third kappa shape index (κ3) is 2.82. The molecule has 0 amide bonds. The summed E-state index contributed by atoms with van der Waals surface area (Å²) < 4.78 is 34.4. The summed E-state index contributed by atoms with van der Waals surface area (Å²) in [6.45, 7) is 1.91. The van der Waals surface area contributed by atoms with E-state index >= 15 is 0 Å². The van der Waals surface area contributed by atoms with Crippen LogP contribution in [0.3, 0.4) is 0 Å². The number of fused-ring (bicyclic) bond motifs is 1. The highest BCUT2D eigenvalue weighted by Gasteiger charge is 2.28. The number of benzene rings is 2. The molecule has 0 unspecified atom stereocenters. The lowest BCUT2D eigenvalue weighted by molar-refractivity contribution is 0.416. The second kappa shape index (κ2) is 5.70. The van der Waals surface area contributed by atoms with E-state index in [2.05, 4.69) is 4.40 Å². The highest BCUT2D eigenvalue weighted by molar-refractivity contribution is 7.90. The Balaban J connectivity index is 2.00. The maximum Gasteiger partial charge on any atom is 0.283 e. The summed E-state index contributed by atoms with van der Waals surface area (Å²) in [5.74, 6) is 1.20. The number of hydrogen-bond donors (Lipinski definition) is 0. The van der Waals surface area contributed by atoms with Crippen LogP contribution >= 0.6 is 0 Å². The minimum absolute atomic E-state index is 0.201. The van der Waals surface area contributed by atoms with Gasteiger partial charge in [0.05, 0.1) is 17.7 Å². The molecule has 5 nitrogen and oxygen atoms in total. The van der Waals surface area contributed by atoms with Gasteiger partial charge in [-0.05, 0) is 30.7 Å². The minimum Gasteiger partial charge on any atom is -0.495 e. The number of rotatable bonds is 3. The fourth-order valence-electron chi connectivity index (χ4n) is 2.67. The van der Waals surface area contributed by atoms with Gasteiger partial charge in [-0.25, -0.2) is 0 Å². The van der Waals surface area contributed by atoms with Crippen molar-refractivity contribution in [3.05, 3.63) is 53.6 Å². The summed E-state index contributed by atoms with van der Waals surface area (Å²) in [7, 11) is -0.323. The van der Waals surface area contributed by atoms with Crippen molar-refractivity contribution in [2.45, 2.75) is 18.2 Å². The maximum absolute atomic E-state index is 12.5. The van der Waals surface area contributed by atoms with Crippen LogP contribution in [0.4, 0.5) is 5.69 Å². The van der Waals surface area contributed by atoms with Crippen molar-refractivity contribution >= 4 is 21.5 Å². The summed E-state index contributed by atoms with van der Waals surface area (Å²) in [5.41, 5.74) is 2.88. The summed E-state index contributed by atoms with van der Waals surface area (Å²) in [6, 6.07) is 12.4. The Hall–Kier alpha value is -2.34. The van der Waals surface area contributed by atoms with E-state index in [0.29, 0.717) is 18.0 Å². The number of likely N-dealkylation sites (N-methyl/N-ethyl adjacent to an activating group) is 1. The lowest BCUT2D eigenvalue weighted by Gasteiger charge is -2.16. The van der Waals surface area contributed by atoms with E-state index in [-0.39, 0.29) is 4.90 Å². The van der Waals surface area contributed by atoms with Crippen LogP contribution in [0.5, 0.6) is 5.75 Å². The molecule has 120 valence electrons. The molecule has 2 aromatic carbocycles. The van der Waals surface area contributed by atoms with Gasteiger partial charge in [-0.2, -0.15) is 8.42 Å². The molecule has 6 heteroatoms. The van der Waals surface area contributed by atoms with Crippen molar-refractivity contribution in [3.63, 3.8) is 0 Å². The average Bonchev–Trinajstić information content (AvgIpc) is 2.83. The smallest absolute Gasteiger partial charge is 0.283 e. The van der Waals surface area contributed by atoms with Gasteiger partial charge in [-0.15, -0.1) is 4.40 Å². The molecule has 0 N–H and O–H groups in total. The highest BCUT2D eigenvalue weighted by Crippen LogP contribution is 2.37. The van der Waals surface area contributed by atoms with Crippen LogP contribution in [0, 0.1) is 6.92 Å². The quantitative estimate of drug-likeness (QED) is 0.868. The number of amidine groups is 1. The van der Waals surface area contributed by atoms with Crippen LogP contribution in [-0.2, 0) is 16.4 Å². The van der Waals surface area contributed by atoms with Gasteiger partial charge in [0.1, 0.15) is 11.6 Å². The van der Waals surface area contributed by atoms with E-state index in [1.807, 2.05) is 25.1 Å². The normalized spacial score (nSPS) is 15.8. The zero-order valence-electron chi connectivity index (χ0n) is 13.3. The average molecular weight is 330 g/mol. The molecule has 1 aliphatic heterocycles. The lowest BCUT2D eigenvalue weighted by Crippen LogP contribution is -2.23. The van der Waals surface area contributed by atoms with Crippen molar-refractivity contribution in [3.8, 4) is 5.75 Å². The Bertz CT molecular complexity index is 871. The molecular formula is C17H18N2O3S. The van der Waals surface area contributed by atoms with Crippen LogP contribution < -0.4 is 9.64 Å². The molecule has 0 atom stereocenters. The first-order valence-electron chi connectivity index (χ1n) is 7.22. The number of sulfonamides is 1. The first kappa shape index (κ1) is 15.6. The minimum atomic E-state index is -3.73. The highest BCUT2D eigenvalue weighted by atomic mass is 32.2. The van der Waals surface area contributed by atoms with Crippen LogP contribution in [0.1, 0.15) is 11.1 Å². The maximum atomic E-state index is 12.5. The molecule has 0 saturated carbocycles. The van der Waals surface area contributed by atoms with Gasteiger partial charge in [0.25, 0.3) is 10.0 Å². The van der Waals surface area contributed by atoms with Gasteiger partial charge >= 0.3 is 0 Å². The van der Waals surface area contributed by atoms with E-state index in [1.165, 1.54) is 0 Å². The van der Waals surface area contributed by atoms with E-state index in [4.69, 9.17) is 4.74 Å². The molecule has 0 radical (unpaired) electrons. The van der Waals surface area contributed by atoms with Gasteiger partial charge in [0.2, 0.25) is 0 Å². The Morgan fingerprint density at radius 2 is 1.83 bits per heavy atom. The van der Waals surface area contributed by atoms with E-state index < -0.39 is 10.0 Å². The summed E-state index contributed by atoms with van der Waals surface area (Å²) in [6.07, 6.45) is 0.466. The molecule has 0 aliphatic carbocycles. The predicted molar refractivity (Wildman–Crippen MR) is 90.9 cm³/mol. The lowest BCUT2D eigenvalue weighted by atomic mass is 10.1. The zero-order valence-corrected chi connectivity index (χ0v) is 14.1. The molecule has 0 spiro atoms. The van der Waals surface area contributed by atoms with Gasteiger partial charge < -0.3 is 9.64 Å². The van der Waals surface area contributed by atoms with Crippen molar-refractivity contribution in [2.75, 3.05) is 19.1 Å². The summed E-state index contributed by atoms with van der Waals surface area (Å²) in [4.78, 5) is 1.98. The number of methoxy groups -OCH3 is 1. The third-order valence-electron chi connectivity index (χ3n) is 3.92. The molecule has 0 fully saturated rings. The topological polar surface area (TPSA) is 59.0 Å². The molecule has 0 saturated heterocycles. The second-order valence-corrected chi connectivity index (χ2v) is 7.10. The second-order valence-electron chi connectivity index (χ2n) is 5.50. The molecule has 2 aromatic rings. The van der Waals surface area contributed by atoms with E-state index in [0.717, 1.165) is 16.8 Å². The van der Waals surface area contributed by atoms with E-state index in [9.17, 15) is 8.42 Å². The van der Waals surface area contributed by atoms with Crippen molar-refractivity contribution in [1.29, 1.82) is 0 Å². The molecule has 23 heavy (non-hydrogen) atoms. The number of anilines is 1. The monoisotopic (exact) mass is 330 g/mol. The molecule has 1 aliphatic rings. The Kier molecular flexibility index (Phi) is 3.85. The predicted octanol–water partition coefficient (Wildman–Crippen LogP) is 2.78. The van der Waals surface area contributed by atoms with Gasteiger partial charge in [-0.3, -0.25) is 0 Å². The van der Waals surface area contributed by atoms with Crippen LogP contribution in [-0.4, -0.2) is 28.4 Å². The molecule has 3 rings (SSSR count). The first-order valence-corrected chi connectivity index (χ1v) is 8.66. The van der Waals surface area contributed by atoms with Gasteiger partial charge in [0, 0.05) is 13.5 Å². The fourth-order valence-corrected chi connectivity index (χ4v) is 3.72. The Labute approximate surface area is 136 Å². The molecular weight excluding hydrogens is 312 g/mol. The molecule has 0 bridgehead atoms. The number of hydrogen-bond acceptors (Lipinski definition) is 3. The summed E-state index contributed by atoms with van der Waals surface area (Å²) in [5, 5.41) is 0. The van der Waals surface area contributed by atoms with Gasteiger partial charge in [-0.1, -0.05) is 29.8 Å². The SMILES string of the molecule is COc1cccc2c1N(C)C(=NS(=O)(=O)c1ccc(C)cc1)C2. The summed E-state index contributed by atoms with van der Waals surface area (Å²) >= 11 is 0. The Morgan fingerprint density at radius 1 is 1.13 bits per heavy atom.